The van der Waals surface area contributed by atoms with Gasteiger partial charge in [0, 0.05) is 16.8 Å². The quantitative estimate of drug-likeness (QED) is 0.0753. The Morgan fingerprint density at radius 1 is 1.16 bits per heavy atom. The molecule has 43 heavy (non-hydrogen) atoms. The summed E-state index contributed by atoms with van der Waals surface area (Å²) in [5.74, 6) is -0.350. The molecule has 0 unspecified atom stereocenters. The number of rotatable bonds is 11. The normalized spacial score (nSPS) is 14.6. The van der Waals surface area contributed by atoms with Gasteiger partial charge in [-0.1, -0.05) is 36.4 Å². The summed E-state index contributed by atoms with van der Waals surface area (Å²) in [5.41, 5.74) is 5.14. The number of nitrogens with one attached hydrogen (secondary N) is 3. The Kier molecular flexibility index (Phi) is 11.5. The SMILES string of the molecule is CCOC(=O)C1=C(C)NC(=S)N[C@@H]1c1ccccc1OCC(=O)NN=Cc1cc(Br)c(OCc2ccccc2F)c(I)c1. The average Bonchev–Trinajstić information content (AvgIpc) is 2.96. The first-order valence-corrected chi connectivity index (χ1v) is 15.3. The molecule has 0 radical (unpaired) electrons. The summed E-state index contributed by atoms with van der Waals surface area (Å²) in [4.78, 5) is 25.3. The highest BCUT2D eigenvalue weighted by Crippen LogP contribution is 2.34. The molecule has 0 saturated heterocycles. The van der Waals surface area contributed by atoms with Crippen LogP contribution in [-0.4, -0.2) is 36.4 Å². The van der Waals surface area contributed by atoms with Crippen molar-refractivity contribution in [2.24, 2.45) is 5.10 Å². The van der Waals surface area contributed by atoms with E-state index in [9.17, 15) is 14.0 Å². The molecular formula is C30H27BrFIN4O5S. The molecule has 1 aliphatic rings. The molecular weight excluding hydrogens is 754 g/mol. The van der Waals surface area contributed by atoms with Crippen molar-refractivity contribution in [1.82, 2.24) is 16.1 Å². The van der Waals surface area contributed by atoms with Crippen molar-refractivity contribution in [3.05, 3.63) is 102 Å². The number of para-hydroxylation sites is 1. The number of carbonyl (C=O) groups excluding carboxylic acids is 2. The van der Waals surface area contributed by atoms with E-state index in [-0.39, 0.29) is 25.6 Å². The lowest BCUT2D eigenvalue weighted by Crippen LogP contribution is -2.45. The number of benzene rings is 3. The summed E-state index contributed by atoms with van der Waals surface area (Å²) >= 11 is 10.9. The minimum absolute atomic E-state index is 0.0777. The van der Waals surface area contributed by atoms with Crippen molar-refractivity contribution in [2.75, 3.05) is 13.2 Å². The summed E-state index contributed by atoms with van der Waals surface area (Å²) in [6, 6.07) is 16.4. The van der Waals surface area contributed by atoms with Crippen molar-refractivity contribution >= 4 is 73.9 Å². The second kappa shape index (κ2) is 15.3. The first-order valence-electron chi connectivity index (χ1n) is 13.0. The van der Waals surface area contributed by atoms with E-state index in [2.05, 4.69) is 59.7 Å². The standard InChI is InChI=1S/C30H27BrFIN4O5S/c1-3-40-29(39)26-17(2)35-30(43)36-27(26)20-9-5-7-11-24(20)41-16-25(38)37-34-14-18-12-21(31)28(23(33)13-18)42-15-19-8-4-6-10-22(19)32/h4-14,27H,3,15-16H2,1-2H3,(H,37,38)(H2,35,36,43)/t27-/m1/s1. The van der Waals surface area contributed by atoms with Gasteiger partial charge in [0.15, 0.2) is 11.7 Å². The first kappa shape index (κ1) is 32.4. The number of thiocarbonyl (C=S) groups is 1. The summed E-state index contributed by atoms with van der Waals surface area (Å²) in [6.07, 6.45) is 1.48. The Morgan fingerprint density at radius 3 is 2.65 bits per heavy atom. The second-order valence-electron chi connectivity index (χ2n) is 9.10. The fourth-order valence-corrected chi connectivity index (χ4v) is 6.21. The van der Waals surface area contributed by atoms with Gasteiger partial charge < -0.3 is 24.8 Å². The number of hydrogen-bond acceptors (Lipinski definition) is 7. The molecule has 0 aromatic heterocycles. The van der Waals surface area contributed by atoms with Crippen molar-refractivity contribution < 1.29 is 28.2 Å². The highest BCUT2D eigenvalue weighted by Gasteiger charge is 2.32. The molecule has 3 aromatic rings. The molecule has 0 fully saturated rings. The molecule has 224 valence electrons. The van der Waals surface area contributed by atoms with Crippen LogP contribution in [0.4, 0.5) is 4.39 Å². The summed E-state index contributed by atoms with van der Waals surface area (Å²) in [7, 11) is 0. The molecule has 0 saturated carbocycles. The predicted molar refractivity (Wildman–Crippen MR) is 176 cm³/mol. The van der Waals surface area contributed by atoms with Gasteiger partial charge in [-0.05, 0) is 94.4 Å². The fourth-order valence-electron chi connectivity index (χ4n) is 4.17. The number of allylic oxidation sites excluding steroid dienone is 1. The number of hydrogen-bond donors (Lipinski definition) is 3. The van der Waals surface area contributed by atoms with Gasteiger partial charge in [-0.25, -0.2) is 14.6 Å². The fraction of sp³-hybridized carbons (Fsp3) is 0.200. The molecule has 13 heteroatoms. The van der Waals surface area contributed by atoms with Crippen LogP contribution in [0.2, 0.25) is 0 Å². The number of halogens is 3. The minimum Gasteiger partial charge on any atom is -0.486 e. The van der Waals surface area contributed by atoms with E-state index < -0.39 is 17.9 Å². The highest BCUT2D eigenvalue weighted by molar-refractivity contribution is 14.1. The lowest BCUT2D eigenvalue weighted by molar-refractivity contribution is -0.139. The maximum Gasteiger partial charge on any atom is 0.338 e. The average molecular weight is 781 g/mol. The largest absolute Gasteiger partial charge is 0.486 e. The van der Waals surface area contributed by atoms with Gasteiger partial charge >= 0.3 is 5.97 Å². The van der Waals surface area contributed by atoms with Crippen LogP contribution in [0.1, 0.15) is 36.6 Å². The first-order chi connectivity index (χ1) is 20.7. The van der Waals surface area contributed by atoms with Crippen LogP contribution in [0.3, 0.4) is 0 Å². The molecule has 0 spiro atoms. The summed E-state index contributed by atoms with van der Waals surface area (Å²) in [5, 5.41) is 10.4. The van der Waals surface area contributed by atoms with Gasteiger partial charge in [0.05, 0.1) is 32.5 Å². The molecule has 0 aliphatic carbocycles. The third-order valence-corrected chi connectivity index (χ3v) is 7.72. The van der Waals surface area contributed by atoms with Gasteiger partial charge in [-0.15, -0.1) is 0 Å². The van der Waals surface area contributed by atoms with Gasteiger partial charge in [-0.3, -0.25) is 4.79 Å². The zero-order valence-electron chi connectivity index (χ0n) is 23.1. The Morgan fingerprint density at radius 2 is 1.91 bits per heavy atom. The molecule has 9 nitrogen and oxygen atoms in total. The third-order valence-electron chi connectivity index (χ3n) is 6.11. The second-order valence-corrected chi connectivity index (χ2v) is 11.5. The van der Waals surface area contributed by atoms with Crippen molar-refractivity contribution in [1.29, 1.82) is 0 Å². The van der Waals surface area contributed by atoms with Gasteiger partial charge in [0.25, 0.3) is 5.91 Å². The molecule has 1 atom stereocenters. The Hall–Kier alpha value is -3.56. The van der Waals surface area contributed by atoms with Crippen molar-refractivity contribution in [3.8, 4) is 11.5 Å². The number of amides is 1. The molecule has 1 aliphatic heterocycles. The molecule has 4 rings (SSSR count). The minimum atomic E-state index is -0.635. The van der Waals surface area contributed by atoms with Crippen LogP contribution < -0.4 is 25.5 Å². The van der Waals surface area contributed by atoms with E-state index >= 15 is 0 Å². The lowest BCUT2D eigenvalue weighted by Gasteiger charge is -2.30. The zero-order chi connectivity index (χ0) is 30.9. The van der Waals surface area contributed by atoms with E-state index in [0.29, 0.717) is 49.0 Å². The lowest BCUT2D eigenvalue weighted by atomic mass is 9.95. The van der Waals surface area contributed by atoms with Crippen LogP contribution >= 0.6 is 50.7 Å². The number of esters is 1. The van der Waals surface area contributed by atoms with E-state index in [1.807, 2.05) is 6.07 Å². The topological polar surface area (TPSA) is 110 Å². The molecule has 3 N–H and O–H groups in total. The van der Waals surface area contributed by atoms with E-state index in [4.69, 9.17) is 26.4 Å². The molecule has 1 heterocycles. The number of nitrogens with zero attached hydrogens (tertiary/aromatic N) is 1. The van der Waals surface area contributed by atoms with Crippen LogP contribution in [0.25, 0.3) is 0 Å². The number of hydrazone groups is 1. The third kappa shape index (κ3) is 8.51. The monoisotopic (exact) mass is 780 g/mol. The van der Waals surface area contributed by atoms with E-state index in [1.165, 1.54) is 12.3 Å². The van der Waals surface area contributed by atoms with Gasteiger partial charge in [0.1, 0.15) is 23.9 Å². The zero-order valence-corrected chi connectivity index (χ0v) is 27.6. The summed E-state index contributed by atoms with van der Waals surface area (Å²) in [6.45, 7) is 3.44. The van der Waals surface area contributed by atoms with E-state index in [1.54, 1.807) is 62.4 Å². The maximum atomic E-state index is 13.9. The van der Waals surface area contributed by atoms with E-state index in [0.717, 1.165) is 3.57 Å². The maximum absolute atomic E-state index is 13.9. The number of carbonyl (C=O) groups is 2. The van der Waals surface area contributed by atoms with Crippen LogP contribution in [-0.2, 0) is 20.9 Å². The highest BCUT2D eigenvalue weighted by atomic mass is 127. The molecule has 0 bridgehead atoms. The van der Waals surface area contributed by atoms with Crippen LogP contribution in [0.5, 0.6) is 11.5 Å². The Bertz CT molecular complexity index is 1580. The van der Waals surface area contributed by atoms with Crippen LogP contribution in [0, 0.1) is 9.39 Å². The number of ether oxygens (including phenoxy) is 3. The van der Waals surface area contributed by atoms with Crippen LogP contribution in [0.15, 0.2) is 81.5 Å². The molecule has 3 aromatic carbocycles. The van der Waals surface area contributed by atoms with Gasteiger partial charge in [-0.2, -0.15) is 5.10 Å². The Balaban J connectivity index is 1.38. The predicted octanol–water partition coefficient (Wildman–Crippen LogP) is 5.66. The summed E-state index contributed by atoms with van der Waals surface area (Å²) < 4.78 is 32.3. The van der Waals surface area contributed by atoms with Crippen molar-refractivity contribution in [3.63, 3.8) is 0 Å². The van der Waals surface area contributed by atoms with Gasteiger partial charge in [0.2, 0.25) is 0 Å². The smallest absolute Gasteiger partial charge is 0.338 e. The Labute approximate surface area is 275 Å². The molecule has 1 amide bonds. The van der Waals surface area contributed by atoms with Crippen molar-refractivity contribution in [2.45, 2.75) is 26.5 Å².